The molecule has 0 saturated heterocycles. The van der Waals surface area contributed by atoms with Crippen molar-refractivity contribution in [3.8, 4) is 0 Å². The average molecular weight is 300 g/mol. The number of hydrogen-bond donors (Lipinski definition) is 0. The molecule has 0 aliphatic heterocycles. The Hall–Kier alpha value is 0.960. The van der Waals surface area contributed by atoms with Crippen LogP contribution < -0.4 is 0 Å². The molecule has 0 spiro atoms. The summed E-state index contributed by atoms with van der Waals surface area (Å²) in [5, 5.41) is 0. The van der Waals surface area contributed by atoms with Gasteiger partial charge in [-0.1, -0.05) is 71.4 Å². The van der Waals surface area contributed by atoms with Crippen molar-refractivity contribution in [2.24, 2.45) is 0 Å². The topological polar surface area (TPSA) is 0 Å². The van der Waals surface area contributed by atoms with Crippen molar-refractivity contribution >= 4 is 31.9 Å². The van der Waals surface area contributed by atoms with Crippen molar-refractivity contribution in [1.82, 2.24) is 0 Å². The maximum atomic E-state index is 3.73. The van der Waals surface area contributed by atoms with Crippen LogP contribution in [0.3, 0.4) is 0 Å². The highest BCUT2D eigenvalue weighted by atomic mass is 79.9. The molecule has 0 aromatic carbocycles. The van der Waals surface area contributed by atoms with E-state index in [0.717, 1.165) is 0 Å². The second kappa shape index (κ2) is 8.55. The van der Waals surface area contributed by atoms with Crippen molar-refractivity contribution in [1.29, 1.82) is 0 Å². The van der Waals surface area contributed by atoms with Gasteiger partial charge in [0.2, 0.25) is 0 Å². The fourth-order valence-electron chi connectivity index (χ4n) is 1.16. The van der Waals surface area contributed by atoms with E-state index in [1.165, 1.54) is 38.5 Å². The van der Waals surface area contributed by atoms with Crippen LogP contribution in [-0.4, -0.2) is 9.65 Å². The highest BCUT2D eigenvalue weighted by Crippen LogP contribution is 2.24. The standard InChI is InChI=1S/C10H20Br2/c1-3-5-7-9(11)10(12)8-6-4-2/h9-10H,3-8H2,1-2H3/t9-,10-/m1/s1. The van der Waals surface area contributed by atoms with Crippen LogP contribution in [0.5, 0.6) is 0 Å². The molecule has 0 fully saturated rings. The van der Waals surface area contributed by atoms with Gasteiger partial charge in [0.25, 0.3) is 0 Å². The lowest BCUT2D eigenvalue weighted by molar-refractivity contribution is 0.621. The van der Waals surface area contributed by atoms with Crippen molar-refractivity contribution < 1.29 is 0 Å². The molecule has 0 rings (SSSR count). The third-order valence-electron chi connectivity index (χ3n) is 2.06. The Morgan fingerprint density at radius 3 is 1.42 bits per heavy atom. The van der Waals surface area contributed by atoms with Crippen LogP contribution in [0.15, 0.2) is 0 Å². The van der Waals surface area contributed by atoms with E-state index in [-0.39, 0.29) is 0 Å². The zero-order valence-corrected chi connectivity index (χ0v) is 11.3. The molecule has 2 heteroatoms. The molecule has 0 aliphatic rings. The second-order valence-electron chi connectivity index (χ2n) is 3.32. The zero-order valence-electron chi connectivity index (χ0n) is 8.15. The molecule has 2 atom stereocenters. The monoisotopic (exact) mass is 298 g/mol. The minimum Gasteiger partial charge on any atom is -0.0879 e. The van der Waals surface area contributed by atoms with Gasteiger partial charge in [0.15, 0.2) is 0 Å². The summed E-state index contributed by atoms with van der Waals surface area (Å²) in [4.78, 5) is 1.34. The van der Waals surface area contributed by atoms with Crippen LogP contribution in [0.1, 0.15) is 52.4 Å². The normalized spacial score (nSPS) is 16.0. The highest BCUT2D eigenvalue weighted by Gasteiger charge is 2.13. The lowest BCUT2D eigenvalue weighted by Crippen LogP contribution is -2.13. The first-order valence-electron chi connectivity index (χ1n) is 5.00. The van der Waals surface area contributed by atoms with Gasteiger partial charge in [-0.25, -0.2) is 0 Å². The van der Waals surface area contributed by atoms with E-state index in [1.807, 2.05) is 0 Å². The molecule has 0 bridgehead atoms. The van der Waals surface area contributed by atoms with Crippen molar-refractivity contribution in [2.75, 3.05) is 0 Å². The predicted molar refractivity (Wildman–Crippen MR) is 64.5 cm³/mol. The fraction of sp³-hybridized carbons (Fsp3) is 1.00. The van der Waals surface area contributed by atoms with Crippen LogP contribution in [0.4, 0.5) is 0 Å². The number of halogens is 2. The molecule has 0 aromatic heterocycles. The number of hydrogen-bond acceptors (Lipinski definition) is 0. The summed E-state index contributed by atoms with van der Waals surface area (Å²) in [6.07, 6.45) is 7.88. The smallest absolute Gasteiger partial charge is 0.0271 e. The van der Waals surface area contributed by atoms with E-state index >= 15 is 0 Å². The fourth-order valence-corrected chi connectivity index (χ4v) is 2.34. The first kappa shape index (κ1) is 13.0. The zero-order chi connectivity index (χ0) is 9.40. The number of rotatable bonds is 7. The summed E-state index contributed by atoms with van der Waals surface area (Å²) in [5.41, 5.74) is 0. The SMILES string of the molecule is CCCC[C@@H](Br)[C@H](Br)CCCC. The number of unbranched alkanes of at least 4 members (excludes halogenated alkanes) is 2. The van der Waals surface area contributed by atoms with E-state index < -0.39 is 0 Å². The molecule has 12 heavy (non-hydrogen) atoms. The summed E-state index contributed by atoms with van der Waals surface area (Å²) >= 11 is 7.46. The Morgan fingerprint density at radius 2 is 1.17 bits per heavy atom. The van der Waals surface area contributed by atoms with Crippen LogP contribution in [0.25, 0.3) is 0 Å². The van der Waals surface area contributed by atoms with Crippen molar-refractivity contribution in [3.05, 3.63) is 0 Å². The second-order valence-corrected chi connectivity index (χ2v) is 5.67. The van der Waals surface area contributed by atoms with Gasteiger partial charge in [-0.05, 0) is 12.8 Å². The van der Waals surface area contributed by atoms with Gasteiger partial charge in [0, 0.05) is 9.65 Å². The molecule has 0 aromatic rings. The largest absolute Gasteiger partial charge is 0.0879 e. The van der Waals surface area contributed by atoms with Crippen molar-refractivity contribution in [3.63, 3.8) is 0 Å². The minimum atomic E-state index is 0.670. The van der Waals surface area contributed by atoms with Gasteiger partial charge >= 0.3 is 0 Å². The number of alkyl halides is 2. The molecule has 0 aliphatic carbocycles. The molecule has 0 nitrogen and oxygen atoms in total. The quantitative estimate of drug-likeness (QED) is 0.587. The molecular formula is C10H20Br2. The van der Waals surface area contributed by atoms with Crippen LogP contribution in [-0.2, 0) is 0 Å². The van der Waals surface area contributed by atoms with Crippen LogP contribution in [0, 0.1) is 0 Å². The highest BCUT2D eigenvalue weighted by molar-refractivity contribution is 9.12. The van der Waals surface area contributed by atoms with Gasteiger partial charge in [0.1, 0.15) is 0 Å². The Bertz CT molecular complexity index is 81.8. The van der Waals surface area contributed by atoms with Gasteiger partial charge in [-0.2, -0.15) is 0 Å². The summed E-state index contributed by atoms with van der Waals surface area (Å²) in [5.74, 6) is 0. The molecule has 74 valence electrons. The predicted octanol–water partition coefficient (Wildman–Crippen LogP) is 4.89. The molecule has 0 amide bonds. The Morgan fingerprint density at radius 1 is 0.833 bits per heavy atom. The Labute approximate surface area is 93.8 Å². The Kier molecular flexibility index (Phi) is 9.24. The van der Waals surface area contributed by atoms with Crippen LogP contribution in [0.2, 0.25) is 0 Å². The first-order chi connectivity index (χ1) is 5.72. The lowest BCUT2D eigenvalue weighted by Gasteiger charge is -2.15. The van der Waals surface area contributed by atoms with Gasteiger partial charge < -0.3 is 0 Å². The first-order valence-corrected chi connectivity index (χ1v) is 6.83. The molecule has 0 unspecified atom stereocenters. The molecule has 0 saturated carbocycles. The van der Waals surface area contributed by atoms with Gasteiger partial charge in [-0.3, -0.25) is 0 Å². The third-order valence-corrected chi connectivity index (χ3v) is 4.96. The molecule has 0 N–H and O–H groups in total. The molecule has 0 heterocycles. The lowest BCUT2D eigenvalue weighted by atomic mass is 10.1. The third kappa shape index (κ3) is 6.47. The van der Waals surface area contributed by atoms with E-state index in [4.69, 9.17) is 0 Å². The van der Waals surface area contributed by atoms with Gasteiger partial charge in [0.05, 0.1) is 0 Å². The summed E-state index contributed by atoms with van der Waals surface area (Å²) in [7, 11) is 0. The molecule has 0 radical (unpaired) electrons. The van der Waals surface area contributed by atoms with Crippen molar-refractivity contribution in [2.45, 2.75) is 62.0 Å². The maximum Gasteiger partial charge on any atom is 0.0271 e. The van der Waals surface area contributed by atoms with E-state index in [2.05, 4.69) is 45.7 Å². The Balaban J connectivity index is 3.39. The summed E-state index contributed by atoms with van der Waals surface area (Å²) < 4.78 is 0. The summed E-state index contributed by atoms with van der Waals surface area (Å²) in [6.45, 7) is 4.49. The maximum absolute atomic E-state index is 3.73. The molecular weight excluding hydrogens is 280 g/mol. The van der Waals surface area contributed by atoms with Gasteiger partial charge in [-0.15, -0.1) is 0 Å². The minimum absolute atomic E-state index is 0.670. The van der Waals surface area contributed by atoms with E-state index in [1.54, 1.807) is 0 Å². The van der Waals surface area contributed by atoms with E-state index in [0.29, 0.717) is 9.65 Å². The van der Waals surface area contributed by atoms with Crippen LogP contribution >= 0.6 is 31.9 Å². The van der Waals surface area contributed by atoms with E-state index in [9.17, 15) is 0 Å². The average Bonchev–Trinajstić information content (AvgIpc) is 2.10. The summed E-state index contributed by atoms with van der Waals surface area (Å²) in [6, 6.07) is 0.